The molecule has 1 unspecified atom stereocenters. The highest BCUT2D eigenvalue weighted by atomic mass is 15.0. The van der Waals surface area contributed by atoms with Crippen LogP contribution >= 0.6 is 0 Å². The van der Waals surface area contributed by atoms with Gasteiger partial charge < -0.3 is 10.6 Å². The third-order valence-corrected chi connectivity index (χ3v) is 2.59. The highest BCUT2D eigenvalue weighted by Crippen LogP contribution is 2.21. The van der Waals surface area contributed by atoms with E-state index in [1.807, 2.05) is 20.0 Å². The minimum absolute atomic E-state index is 0.559. The molecule has 14 heavy (non-hydrogen) atoms. The molecule has 1 aliphatic rings. The lowest BCUT2D eigenvalue weighted by Crippen LogP contribution is -2.10. The van der Waals surface area contributed by atoms with Gasteiger partial charge in [-0.15, -0.1) is 0 Å². The molecule has 1 aliphatic heterocycles. The number of nitrogens with one attached hydrogen (secondary N) is 2. The normalized spacial score (nSPS) is 21.1. The van der Waals surface area contributed by atoms with Gasteiger partial charge in [-0.05, 0) is 19.9 Å². The number of aryl methyl sites for hydroxylation is 1. The van der Waals surface area contributed by atoms with Crippen molar-refractivity contribution in [1.29, 1.82) is 0 Å². The van der Waals surface area contributed by atoms with Crippen LogP contribution in [0.3, 0.4) is 0 Å². The predicted octanol–water partition coefficient (Wildman–Crippen LogP) is 0.904. The second kappa shape index (κ2) is 3.92. The molecular weight excluding hydrogens is 176 g/mol. The van der Waals surface area contributed by atoms with Gasteiger partial charge in [-0.1, -0.05) is 0 Å². The Bertz CT molecular complexity index is 318. The molecule has 0 spiro atoms. The van der Waals surface area contributed by atoms with Crippen LogP contribution in [-0.4, -0.2) is 30.1 Å². The lowest BCUT2D eigenvalue weighted by atomic mass is 10.0. The van der Waals surface area contributed by atoms with E-state index in [1.54, 1.807) is 0 Å². The highest BCUT2D eigenvalue weighted by molar-refractivity contribution is 5.36. The van der Waals surface area contributed by atoms with E-state index in [-0.39, 0.29) is 0 Å². The summed E-state index contributed by atoms with van der Waals surface area (Å²) in [5, 5.41) is 6.41. The first kappa shape index (κ1) is 9.40. The summed E-state index contributed by atoms with van der Waals surface area (Å²) in [6, 6.07) is 2.05. The number of nitrogens with zero attached hydrogens (tertiary/aromatic N) is 2. The number of hydrogen-bond acceptors (Lipinski definition) is 4. The van der Waals surface area contributed by atoms with E-state index in [1.165, 1.54) is 6.42 Å². The molecule has 1 aromatic rings. The van der Waals surface area contributed by atoms with Crippen molar-refractivity contribution in [3.8, 4) is 0 Å². The van der Waals surface area contributed by atoms with Gasteiger partial charge in [-0.3, -0.25) is 0 Å². The van der Waals surface area contributed by atoms with Crippen LogP contribution in [0.2, 0.25) is 0 Å². The third kappa shape index (κ3) is 1.85. The van der Waals surface area contributed by atoms with Crippen molar-refractivity contribution in [3.05, 3.63) is 17.6 Å². The van der Waals surface area contributed by atoms with Gasteiger partial charge in [0.15, 0.2) is 0 Å². The summed E-state index contributed by atoms with van der Waals surface area (Å²) in [7, 11) is 1.89. The average molecular weight is 192 g/mol. The van der Waals surface area contributed by atoms with Crippen LogP contribution in [0, 0.1) is 6.92 Å². The largest absolute Gasteiger partial charge is 0.373 e. The fraction of sp³-hybridized carbons (Fsp3) is 0.600. The van der Waals surface area contributed by atoms with Gasteiger partial charge >= 0.3 is 0 Å². The lowest BCUT2D eigenvalue weighted by molar-refractivity contribution is 0.725. The van der Waals surface area contributed by atoms with Crippen LogP contribution < -0.4 is 10.6 Å². The van der Waals surface area contributed by atoms with Crippen LogP contribution in [0.5, 0.6) is 0 Å². The fourth-order valence-electron chi connectivity index (χ4n) is 1.84. The monoisotopic (exact) mass is 192 g/mol. The maximum absolute atomic E-state index is 4.47. The Labute approximate surface area is 84.2 Å². The molecule has 0 radical (unpaired) electrons. The molecule has 0 saturated carbocycles. The highest BCUT2D eigenvalue weighted by Gasteiger charge is 2.18. The quantitative estimate of drug-likeness (QED) is 0.731. The molecule has 2 rings (SSSR count). The molecule has 1 fully saturated rings. The standard InChI is InChI=1S/C10H16N4/c1-7-13-9(5-10(11-2)14-7)8-3-4-12-6-8/h5,8,12H,3-4,6H2,1-2H3,(H,11,13,14). The van der Waals surface area contributed by atoms with Gasteiger partial charge in [0.25, 0.3) is 0 Å². The smallest absolute Gasteiger partial charge is 0.129 e. The van der Waals surface area contributed by atoms with Gasteiger partial charge in [-0.2, -0.15) is 0 Å². The van der Waals surface area contributed by atoms with E-state index in [0.29, 0.717) is 5.92 Å². The molecule has 2 N–H and O–H groups in total. The SMILES string of the molecule is CNc1cc(C2CCNC2)nc(C)n1. The van der Waals surface area contributed by atoms with E-state index in [9.17, 15) is 0 Å². The molecule has 0 aromatic carbocycles. The summed E-state index contributed by atoms with van der Waals surface area (Å²) < 4.78 is 0. The first-order valence-corrected chi connectivity index (χ1v) is 5.03. The zero-order chi connectivity index (χ0) is 9.97. The van der Waals surface area contributed by atoms with Crippen molar-refractivity contribution >= 4 is 5.82 Å². The molecule has 0 bridgehead atoms. The minimum Gasteiger partial charge on any atom is -0.373 e. The summed E-state index contributed by atoms with van der Waals surface area (Å²) in [4.78, 5) is 8.75. The summed E-state index contributed by atoms with van der Waals surface area (Å²) in [5.74, 6) is 2.32. The van der Waals surface area contributed by atoms with E-state index in [0.717, 1.165) is 30.4 Å². The zero-order valence-electron chi connectivity index (χ0n) is 8.67. The Kier molecular flexibility index (Phi) is 2.63. The van der Waals surface area contributed by atoms with E-state index >= 15 is 0 Å². The summed E-state index contributed by atoms with van der Waals surface area (Å²) >= 11 is 0. The third-order valence-electron chi connectivity index (χ3n) is 2.59. The molecule has 1 saturated heterocycles. The van der Waals surface area contributed by atoms with Gasteiger partial charge in [-0.25, -0.2) is 9.97 Å². The molecule has 0 aliphatic carbocycles. The lowest BCUT2D eigenvalue weighted by Gasteiger charge is -2.10. The molecule has 76 valence electrons. The maximum Gasteiger partial charge on any atom is 0.129 e. The first-order valence-electron chi connectivity index (χ1n) is 5.03. The molecule has 1 aromatic heterocycles. The molecule has 1 atom stereocenters. The number of aromatic nitrogens is 2. The number of anilines is 1. The summed E-state index contributed by atoms with van der Waals surface area (Å²) in [6.45, 7) is 4.08. The number of rotatable bonds is 2. The van der Waals surface area contributed by atoms with E-state index in [2.05, 4.69) is 20.6 Å². The second-order valence-corrected chi connectivity index (χ2v) is 3.66. The van der Waals surface area contributed by atoms with Gasteiger partial charge in [0.05, 0.1) is 5.69 Å². The average Bonchev–Trinajstić information content (AvgIpc) is 2.69. The van der Waals surface area contributed by atoms with Crippen LogP contribution in [0.4, 0.5) is 5.82 Å². The molecule has 4 nitrogen and oxygen atoms in total. The van der Waals surface area contributed by atoms with Crippen molar-refractivity contribution in [2.24, 2.45) is 0 Å². The van der Waals surface area contributed by atoms with E-state index < -0.39 is 0 Å². The minimum atomic E-state index is 0.559. The van der Waals surface area contributed by atoms with Crippen molar-refractivity contribution < 1.29 is 0 Å². The zero-order valence-corrected chi connectivity index (χ0v) is 8.67. The Hall–Kier alpha value is -1.16. The van der Waals surface area contributed by atoms with Crippen LogP contribution in [0.25, 0.3) is 0 Å². The van der Waals surface area contributed by atoms with E-state index in [4.69, 9.17) is 0 Å². The van der Waals surface area contributed by atoms with Crippen molar-refractivity contribution in [1.82, 2.24) is 15.3 Å². The number of hydrogen-bond donors (Lipinski definition) is 2. The summed E-state index contributed by atoms with van der Waals surface area (Å²) in [5.41, 5.74) is 1.16. The van der Waals surface area contributed by atoms with Gasteiger partial charge in [0.2, 0.25) is 0 Å². The maximum atomic E-state index is 4.47. The Morgan fingerprint density at radius 3 is 3.00 bits per heavy atom. The van der Waals surface area contributed by atoms with Crippen molar-refractivity contribution in [2.45, 2.75) is 19.3 Å². The van der Waals surface area contributed by atoms with Gasteiger partial charge in [0.1, 0.15) is 11.6 Å². The Morgan fingerprint density at radius 2 is 2.36 bits per heavy atom. The first-order chi connectivity index (χ1) is 6.79. The molecule has 2 heterocycles. The Balaban J connectivity index is 2.27. The van der Waals surface area contributed by atoms with Crippen LogP contribution in [-0.2, 0) is 0 Å². The molecule has 0 amide bonds. The van der Waals surface area contributed by atoms with Crippen LogP contribution in [0.1, 0.15) is 23.9 Å². The van der Waals surface area contributed by atoms with Crippen molar-refractivity contribution in [3.63, 3.8) is 0 Å². The Morgan fingerprint density at radius 1 is 1.50 bits per heavy atom. The molecule has 4 heteroatoms. The predicted molar refractivity (Wildman–Crippen MR) is 56.5 cm³/mol. The second-order valence-electron chi connectivity index (χ2n) is 3.66. The summed E-state index contributed by atoms with van der Waals surface area (Å²) in [6.07, 6.45) is 1.18. The molecular formula is C10H16N4. The van der Waals surface area contributed by atoms with Gasteiger partial charge in [0, 0.05) is 25.6 Å². The van der Waals surface area contributed by atoms with Crippen molar-refractivity contribution in [2.75, 3.05) is 25.5 Å². The fourth-order valence-corrected chi connectivity index (χ4v) is 1.84. The topological polar surface area (TPSA) is 49.8 Å². The van der Waals surface area contributed by atoms with Crippen LogP contribution in [0.15, 0.2) is 6.07 Å².